The minimum absolute atomic E-state index is 0.0318. The first-order valence-corrected chi connectivity index (χ1v) is 8.06. The first-order chi connectivity index (χ1) is 9.76. The second-order valence-corrected chi connectivity index (χ2v) is 6.56. The van der Waals surface area contributed by atoms with Crippen LogP contribution in [0.25, 0.3) is 6.08 Å². The molecule has 0 bridgehead atoms. The van der Waals surface area contributed by atoms with Gasteiger partial charge >= 0.3 is 12.0 Å². The number of aliphatic carboxylic acids is 1. The number of hydrogen-bond donors (Lipinski definition) is 3. The molecule has 1 rings (SSSR count). The molecule has 0 saturated carbocycles. The number of sulfone groups is 1. The Hall–Kier alpha value is -2.35. The highest BCUT2D eigenvalue weighted by molar-refractivity contribution is 7.90. The Bertz CT molecular complexity index is 635. The Morgan fingerprint density at radius 3 is 2.38 bits per heavy atom. The van der Waals surface area contributed by atoms with E-state index in [1.54, 1.807) is 24.3 Å². The zero-order chi connectivity index (χ0) is 15.9. The first kappa shape index (κ1) is 16.7. The van der Waals surface area contributed by atoms with Crippen LogP contribution in [0.5, 0.6) is 0 Å². The standard InChI is InChI=1S/C13H16N2O5S/c1-21(19,20)9-8-14-13(18)15-11-5-2-10(3-6-11)4-7-12(16)17/h2-7H,8-9H2,1H3,(H,16,17)(H2,14,15,18). The van der Waals surface area contributed by atoms with E-state index in [-0.39, 0.29) is 12.3 Å². The van der Waals surface area contributed by atoms with E-state index in [0.717, 1.165) is 12.3 Å². The fourth-order valence-electron chi connectivity index (χ4n) is 1.37. The molecule has 0 spiro atoms. The minimum atomic E-state index is -3.11. The molecule has 8 heteroatoms. The number of carbonyl (C=O) groups is 2. The van der Waals surface area contributed by atoms with E-state index in [2.05, 4.69) is 10.6 Å². The van der Waals surface area contributed by atoms with Crippen molar-refractivity contribution in [2.24, 2.45) is 0 Å². The van der Waals surface area contributed by atoms with Crippen LogP contribution in [0.1, 0.15) is 5.56 Å². The molecule has 0 aliphatic rings. The second kappa shape index (κ2) is 7.44. The number of rotatable bonds is 6. The van der Waals surface area contributed by atoms with Gasteiger partial charge in [0.25, 0.3) is 0 Å². The summed E-state index contributed by atoms with van der Waals surface area (Å²) < 4.78 is 21.8. The minimum Gasteiger partial charge on any atom is -0.478 e. The summed E-state index contributed by atoms with van der Waals surface area (Å²) in [6, 6.07) is 6.00. The molecule has 0 aliphatic carbocycles. The van der Waals surface area contributed by atoms with Gasteiger partial charge in [-0.2, -0.15) is 0 Å². The Morgan fingerprint density at radius 2 is 1.86 bits per heavy atom. The van der Waals surface area contributed by atoms with Crippen LogP contribution in [0.3, 0.4) is 0 Å². The van der Waals surface area contributed by atoms with Gasteiger partial charge < -0.3 is 15.7 Å². The molecule has 3 N–H and O–H groups in total. The van der Waals surface area contributed by atoms with Crippen molar-refractivity contribution in [3.63, 3.8) is 0 Å². The molecule has 1 aromatic rings. The number of carboxylic acid groups (broad SMARTS) is 1. The van der Waals surface area contributed by atoms with Crippen molar-refractivity contribution in [1.29, 1.82) is 0 Å². The molecule has 0 fully saturated rings. The summed E-state index contributed by atoms with van der Waals surface area (Å²) in [5.41, 5.74) is 1.19. The van der Waals surface area contributed by atoms with Gasteiger partial charge in [-0.05, 0) is 23.8 Å². The zero-order valence-electron chi connectivity index (χ0n) is 11.4. The van der Waals surface area contributed by atoms with E-state index in [1.807, 2.05) is 0 Å². The molecule has 21 heavy (non-hydrogen) atoms. The highest BCUT2D eigenvalue weighted by atomic mass is 32.2. The second-order valence-electron chi connectivity index (χ2n) is 4.30. The van der Waals surface area contributed by atoms with E-state index < -0.39 is 21.8 Å². The molecule has 0 atom stereocenters. The Kier molecular flexibility index (Phi) is 5.92. The van der Waals surface area contributed by atoms with Crippen molar-refractivity contribution < 1.29 is 23.1 Å². The van der Waals surface area contributed by atoms with E-state index in [4.69, 9.17) is 5.11 Å². The predicted molar refractivity (Wildman–Crippen MR) is 79.8 cm³/mol. The molecule has 7 nitrogen and oxygen atoms in total. The van der Waals surface area contributed by atoms with Gasteiger partial charge in [0, 0.05) is 24.6 Å². The normalized spacial score (nSPS) is 11.3. The van der Waals surface area contributed by atoms with Gasteiger partial charge in [-0.25, -0.2) is 18.0 Å². The predicted octanol–water partition coefficient (Wildman–Crippen LogP) is 0.950. The summed E-state index contributed by atoms with van der Waals surface area (Å²) >= 11 is 0. The lowest BCUT2D eigenvalue weighted by Gasteiger charge is -2.07. The van der Waals surface area contributed by atoms with Crippen LogP contribution in [-0.4, -0.2) is 44.1 Å². The number of anilines is 1. The Balaban J connectivity index is 2.48. The average Bonchev–Trinajstić information content (AvgIpc) is 2.36. The molecular weight excluding hydrogens is 296 g/mol. The lowest BCUT2D eigenvalue weighted by molar-refractivity contribution is -0.131. The third-order valence-corrected chi connectivity index (χ3v) is 3.29. The molecular formula is C13H16N2O5S. The van der Waals surface area contributed by atoms with Crippen LogP contribution in [0.2, 0.25) is 0 Å². The van der Waals surface area contributed by atoms with E-state index in [1.165, 1.54) is 6.08 Å². The maximum Gasteiger partial charge on any atom is 0.328 e. The van der Waals surface area contributed by atoms with Crippen LogP contribution in [0, 0.1) is 0 Å². The van der Waals surface area contributed by atoms with Gasteiger partial charge in [0.1, 0.15) is 9.84 Å². The number of hydrogen-bond acceptors (Lipinski definition) is 4. The van der Waals surface area contributed by atoms with Gasteiger partial charge in [0.15, 0.2) is 0 Å². The van der Waals surface area contributed by atoms with Crippen LogP contribution in [0.15, 0.2) is 30.3 Å². The highest BCUT2D eigenvalue weighted by Crippen LogP contribution is 2.10. The third-order valence-electron chi connectivity index (χ3n) is 2.35. The molecule has 1 aromatic carbocycles. The van der Waals surface area contributed by atoms with E-state index in [9.17, 15) is 18.0 Å². The summed E-state index contributed by atoms with van der Waals surface area (Å²) in [4.78, 5) is 21.9. The maximum absolute atomic E-state index is 11.5. The number of urea groups is 1. The monoisotopic (exact) mass is 312 g/mol. The number of carboxylic acids is 1. The van der Waals surface area contributed by atoms with Gasteiger partial charge in [0.05, 0.1) is 5.75 Å². The molecule has 114 valence electrons. The average molecular weight is 312 g/mol. The van der Waals surface area contributed by atoms with Gasteiger partial charge in [-0.15, -0.1) is 0 Å². The molecule has 0 aromatic heterocycles. The number of benzene rings is 1. The number of nitrogens with one attached hydrogen (secondary N) is 2. The fraction of sp³-hybridized carbons (Fsp3) is 0.231. The van der Waals surface area contributed by atoms with Crippen molar-refractivity contribution in [1.82, 2.24) is 5.32 Å². The van der Waals surface area contributed by atoms with E-state index in [0.29, 0.717) is 11.3 Å². The SMILES string of the molecule is CS(=O)(=O)CCNC(=O)Nc1ccc(C=CC(=O)O)cc1. The molecule has 0 heterocycles. The van der Waals surface area contributed by atoms with Crippen molar-refractivity contribution in [2.45, 2.75) is 0 Å². The number of carbonyl (C=O) groups excluding carboxylic acids is 1. The summed E-state index contributed by atoms with van der Waals surface area (Å²) in [6.07, 6.45) is 3.54. The lowest BCUT2D eigenvalue weighted by Crippen LogP contribution is -2.32. The quantitative estimate of drug-likeness (QED) is 0.677. The third kappa shape index (κ3) is 7.73. The topological polar surface area (TPSA) is 113 Å². The van der Waals surface area contributed by atoms with Gasteiger partial charge in [0.2, 0.25) is 0 Å². The van der Waals surface area contributed by atoms with Crippen LogP contribution in [0.4, 0.5) is 10.5 Å². The smallest absolute Gasteiger partial charge is 0.328 e. The highest BCUT2D eigenvalue weighted by Gasteiger charge is 2.04. The molecule has 0 aliphatic heterocycles. The van der Waals surface area contributed by atoms with Crippen LogP contribution in [-0.2, 0) is 14.6 Å². The zero-order valence-corrected chi connectivity index (χ0v) is 12.2. The lowest BCUT2D eigenvalue weighted by atomic mass is 10.2. The van der Waals surface area contributed by atoms with Crippen LogP contribution < -0.4 is 10.6 Å². The van der Waals surface area contributed by atoms with Crippen molar-refractivity contribution in [2.75, 3.05) is 23.9 Å². The van der Waals surface area contributed by atoms with Gasteiger partial charge in [-0.1, -0.05) is 12.1 Å². The maximum atomic E-state index is 11.5. The fourth-order valence-corrected chi connectivity index (χ4v) is 1.84. The summed E-state index contributed by atoms with van der Waals surface area (Å²) in [5, 5.41) is 13.4. The largest absolute Gasteiger partial charge is 0.478 e. The summed E-state index contributed by atoms with van der Waals surface area (Å²) in [7, 11) is -3.11. The molecule has 2 amide bonds. The summed E-state index contributed by atoms with van der Waals surface area (Å²) in [5.74, 6) is -1.17. The first-order valence-electron chi connectivity index (χ1n) is 6.00. The molecule has 0 saturated heterocycles. The van der Waals surface area contributed by atoms with Crippen molar-refractivity contribution in [3.8, 4) is 0 Å². The van der Waals surface area contributed by atoms with Crippen LogP contribution >= 0.6 is 0 Å². The van der Waals surface area contributed by atoms with E-state index >= 15 is 0 Å². The number of amides is 2. The summed E-state index contributed by atoms with van der Waals surface area (Å²) in [6.45, 7) is 0.0318. The molecule has 0 radical (unpaired) electrons. The van der Waals surface area contributed by atoms with Gasteiger partial charge in [-0.3, -0.25) is 0 Å². The van der Waals surface area contributed by atoms with Crippen molar-refractivity contribution >= 4 is 33.6 Å². The molecule has 0 unspecified atom stereocenters. The van der Waals surface area contributed by atoms with Crippen molar-refractivity contribution in [3.05, 3.63) is 35.9 Å². The Morgan fingerprint density at radius 1 is 1.24 bits per heavy atom. The Labute approximate surface area is 122 Å².